The molecule has 47 heavy (non-hydrogen) atoms. The third-order valence-corrected chi connectivity index (χ3v) is 9.65. The molecule has 2 fully saturated rings. The van der Waals surface area contributed by atoms with Crippen LogP contribution in [0.15, 0.2) is 121 Å². The van der Waals surface area contributed by atoms with E-state index in [-0.39, 0.29) is 5.41 Å². The largest absolute Gasteiger partial charge is 0.369 e. The first kappa shape index (κ1) is 31.4. The maximum atomic E-state index is 6.58. The van der Waals surface area contributed by atoms with Crippen molar-refractivity contribution in [3.63, 3.8) is 0 Å². The predicted octanol–water partition coefficient (Wildman–Crippen LogP) is 8.31. The van der Waals surface area contributed by atoms with Gasteiger partial charge in [-0.25, -0.2) is 4.98 Å². The van der Waals surface area contributed by atoms with Gasteiger partial charge in [0.25, 0.3) is 0 Å². The van der Waals surface area contributed by atoms with E-state index < -0.39 is 6.29 Å². The van der Waals surface area contributed by atoms with Gasteiger partial charge in [-0.2, -0.15) is 0 Å². The van der Waals surface area contributed by atoms with Crippen molar-refractivity contribution in [2.45, 2.75) is 39.0 Å². The Bertz CT molecular complexity index is 1680. The van der Waals surface area contributed by atoms with E-state index in [0.717, 1.165) is 67.5 Å². The lowest BCUT2D eigenvalue weighted by Crippen LogP contribution is -2.46. The first-order valence-corrected chi connectivity index (χ1v) is 17.2. The molecule has 4 aromatic carbocycles. The molecule has 2 aliphatic heterocycles. The van der Waals surface area contributed by atoms with Crippen molar-refractivity contribution in [2.75, 3.05) is 50.8 Å². The Kier molecular flexibility index (Phi) is 9.80. The molecule has 3 heterocycles. The molecule has 0 bridgehead atoms. The van der Waals surface area contributed by atoms with Crippen molar-refractivity contribution in [2.24, 2.45) is 5.41 Å². The van der Waals surface area contributed by atoms with Crippen LogP contribution in [0.3, 0.4) is 0 Å². The molecule has 0 radical (unpaired) electrons. The zero-order chi connectivity index (χ0) is 31.9. The molecule has 7 rings (SSSR count). The number of rotatable bonds is 11. The van der Waals surface area contributed by atoms with Crippen molar-refractivity contribution in [3.05, 3.63) is 133 Å². The summed E-state index contributed by atoms with van der Waals surface area (Å²) in [4.78, 5) is 10.4. The molecular formula is C41H46N4O2. The van der Waals surface area contributed by atoms with Gasteiger partial charge in [-0.05, 0) is 37.1 Å². The monoisotopic (exact) mass is 626 g/mol. The molecule has 0 N–H and O–H groups in total. The maximum absolute atomic E-state index is 6.58. The normalized spacial score (nSPS) is 20.4. The van der Waals surface area contributed by atoms with Crippen LogP contribution in [-0.4, -0.2) is 60.4 Å². The minimum atomic E-state index is -0.521. The smallest absolute Gasteiger partial charge is 0.217 e. The highest BCUT2D eigenvalue weighted by Gasteiger charge is 2.36. The Morgan fingerprint density at radius 3 is 1.89 bits per heavy atom. The van der Waals surface area contributed by atoms with Crippen LogP contribution in [0, 0.1) is 5.41 Å². The molecule has 0 atom stereocenters. The molecule has 242 valence electrons. The van der Waals surface area contributed by atoms with Gasteiger partial charge in [-0.15, -0.1) is 0 Å². The van der Waals surface area contributed by atoms with Crippen LogP contribution in [0.4, 0.5) is 5.69 Å². The van der Waals surface area contributed by atoms with E-state index >= 15 is 0 Å². The Labute approximate surface area is 279 Å². The molecule has 5 aromatic rings. The van der Waals surface area contributed by atoms with Gasteiger partial charge in [0, 0.05) is 55.0 Å². The maximum Gasteiger partial charge on any atom is 0.217 e. The molecule has 6 nitrogen and oxygen atoms in total. The summed E-state index contributed by atoms with van der Waals surface area (Å²) in [6.45, 7) is 9.93. The first-order valence-electron chi connectivity index (χ1n) is 17.2. The summed E-state index contributed by atoms with van der Waals surface area (Å²) in [6, 6.07) is 42.4. The fraction of sp³-hybridized carbons (Fsp3) is 0.341. The number of para-hydroxylation sites is 1. The zero-order valence-electron chi connectivity index (χ0n) is 27.5. The molecule has 1 aromatic heterocycles. The van der Waals surface area contributed by atoms with Crippen LogP contribution < -0.4 is 4.90 Å². The lowest BCUT2D eigenvalue weighted by Gasteiger charge is -2.38. The van der Waals surface area contributed by atoms with Gasteiger partial charge < -0.3 is 18.9 Å². The quantitative estimate of drug-likeness (QED) is 0.138. The average Bonchev–Trinajstić information content (AvgIpc) is 3.51. The number of aromatic nitrogens is 2. The van der Waals surface area contributed by atoms with Crippen molar-refractivity contribution in [1.29, 1.82) is 0 Å². The van der Waals surface area contributed by atoms with Crippen molar-refractivity contribution < 1.29 is 9.47 Å². The summed E-state index contributed by atoms with van der Waals surface area (Å²) in [5, 5.41) is 0. The van der Waals surface area contributed by atoms with Crippen molar-refractivity contribution in [1.82, 2.24) is 14.5 Å². The summed E-state index contributed by atoms with van der Waals surface area (Å²) in [5.74, 6) is 0.822. The second-order valence-corrected chi connectivity index (χ2v) is 13.4. The first-order chi connectivity index (χ1) is 23.2. The summed E-state index contributed by atoms with van der Waals surface area (Å²) in [7, 11) is 0. The van der Waals surface area contributed by atoms with Gasteiger partial charge in [0.2, 0.25) is 6.29 Å². The van der Waals surface area contributed by atoms with Crippen LogP contribution >= 0.6 is 0 Å². The number of anilines is 1. The van der Waals surface area contributed by atoms with Crippen LogP contribution in [0.5, 0.6) is 0 Å². The molecular weight excluding hydrogens is 580 g/mol. The average molecular weight is 627 g/mol. The van der Waals surface area contributed by atoms with E-state index in [2.05, 4.69) is 137 Å². The third kappa shape index (κ3) is 7.51. The molecule has 0 amide bonds. The second kappa shape index (κ2) is 14.7. The zero-order valence-corrected chi connectivity index (χ0v) is 27.5. The van der Waals surface area contributed by atoms with Gasteiger partial charge in [0.05, 0.1) is 24.6 Å². The lowest BCUT2D eigenvalue weighted by atomic mass is 9.86. The fourth-order valence-corrected chi connectivity index (χ4v) is 6.95. The van der Waals surface area contributed by atoms with Crippen LogP contribution in [0.1, 0.15) is 43.9 Å². The summed E-state index contributed by atoms with van der Waals surface area (Å²) < 4.78 is 15.5. The highest BCUT2D eigenvalue weighted by atomic mass is 16.7. The van der Waals surface area contributed by atoms with E-state index in [1.807, 2.05) is 6.07 Å². The van der Waals surface area contributed by atoms with Gasteiger partial charge >= 0.3 is 0 Å². The third-order valence-electron chi connectivity index (χ3n) is 9.65. The van der Waals surface area contributed by atoms with Crippen LogP contribution in [0.2, 0.25) is 0 Å². The molecule has 2 aliphatic rings. The van der Waals surface area contributed by atoms with Crippen molar-refractivity contribution >= 4 is 5.69 Å². The topological polar surface area (TPSA) is 42.8 Å². The second-order valence-electron chi connectivity index (χ2n) is 13.4. The Morgan fingerprint density at radius 1 is 0.681 bits per heavy atom. The minimum Gasteiger partial charge on any atom is -0.369 e. The molecule has 0 spiro atoms. The number of hydrogen-bond acceptors (Lipinski definition) is 5. The molecule has 0 aliphatic carbocycles. The van der Waals surface area contributed by atoms with E-state index in [4.69, 9.17) is 14.5 Å². The Balaban J connectivity index is 1.02. The predicted molar refractivity (Wildman–Crippen MR) is 190 cm³/mol. The van der Waals surface area contributed by atoms with E-state index in [9.17, 15) is 0 Å². The standard InChI is InChI=1S/C41H46N4O2/c1-41(24-14-15-25-43-26-28-44(29-27-43)36-22-12-5-13-23-36)31-46-40(47-32-41)39-42-37(34-18-8-3-9-19-34)38(35-20-10-4-11-21-35)45(39)30-33-16-6-2-7-17-33/h2-13,16-23,40H,14-15,24-32H2,1H3. The summed E-state index contributed by atoms with van der Waals surface area (Å²) in [5.41, 5.74) is 6.79. The van der Waals surface area contributed by atoms with Gasteiger partial charge in [-0.3, -0.25) is 4.90 Å². The number of imidazole rings is 1. The van der Waals surface area contributed by atoms with E-state index in [1.165, 1.54) is 24.1 Å². The number of piperazine rings is 1. The lowest BCUT2D eigenvalue weighted by molar-refractivity contribution is -0.236. The number of hydrogen-bond donors (Lipinski definition) is 0. The van der Waals surface area contributed by atoms with Crippen LogP contribution in [0.25, 0.3) is 22.5 Å². The molecule has 0 saturated carbocycles. The summed E-state index contributed by atoms with van der Waals surface area (Å²) in [6.07, 6.45) is 2.94. The number of nitrogens with zero attached hydrogens (tertiary/aromatic N) is 4. The van der Waals surface area contributed by atoms with Gasteiger partial charge in [0.1, 0.15) is 0 Å². The highest BCUT2D eigenvalue weighted by Crippen LogP contribution is 2.40. The number of benzene rings is 4. The molecule has 6 heteroatoms. The fourth-order valence-electron chi connectivity index (χ4n) is 6.95. The Hall–Kier alpha value is -4.23. The summed E-state index contributed by atoms with van der Waals surface area (Å²) >= 11 is 0. The molecule has 2 saturated heterocycles. The SMILES string of the molecule is CC1(CCCCN2CCN(c3ccccc3)CC2)COC(c2nc(-c3ccccc3)c(-c3ccccc3)n2Cc2ccccc2)OC1. The van der Waals surface area contributed by atoms with Gasteiger partial charge in [0.15, 0.2) is 5.82 Å². The molecule has 0 unspecified atom stereocenters. The number of ether oxygens (including phenoxy) is 2. The van der Waals surface area contributed by atoms with Crippen LogP contribution in [-0.2, 0) is 16.0 Å². The number of unbranched alkanes of at least 4 members (excludes halogenated alkanes) is 1. The van der Waals surface area contributed by atoms with Gasteiger partial charge in [-0.1, -0.05) is 123 Å². The van der Waals surface area contributed by atoms with E-state index in [1.54, 1.807) is 0 Å². The highest BCUT2D eigenvalue weighted by molar-refractivity contribution is 5.79. The minimum absolute atomic E-state index is 0.0100. The van der Waals surface area contributed by atoms with E-state index in [0.29, 0.717) is 19.8 Å². The Morgan fingerprint density at radius 2 is 1.26 bits per heavy atom. The van der Waals surface area contributed by atoms with Crippen molar-refractivity contribution in [3.8, 4) is 22.5 Å².